The van der Waals surface area contributed by atoms with Crippen LogP contribution in [0.5, 0.6) is 5.75 Å². The van der Waals surface area contributed by atoms with Gasteiger partial charge in [-0.25, -0.2) is 9.59 Å². The van der Waals surface area contributed by atoms with Crippen LogP contribution in [0.1, 0.15) is 137 Å². The lowest BCUT2D eigenvalue weighted by atomic mass is 9.84. The molecule has 13 atom stereocenters. The zero-order chi connectivity index (χ0) is 88.0. The van der Waals surface area contributed by atoms with Gasteiger partial charge in [0, 0.05) is 56.3 Å². The largest absolute Gasteiger partial charge is 0.491 e. The van der Waals surface area contributed by atoms with Gasteiger partial charge in [-0.05, 0) is 107 Å². The topological polar surface area (TPSA) is 369 Å². The van der Waals surface area contributed by atoms with Gasteiger partial charge in [-0.15, -0.1) is 11.8 Å². The number of carbonyl (C=O) groups is 12. The highest BCUT2D eigenvalue weighted by molar-refractivity contribution is 8.00. The van der Waals surface area contributed by atoms with E-state index in [4.69, 9.17) is 37.9 Å². The van der Waals surface area contributed by atoms with Crippen LogP contribution in [-0.2, 0) is 97.1 Å². The van der Waals surface area contributed by atoms with E-state index in [1.165, 1.54) is 29.7 Å². The Morgan fingerprint density at radius 2 is 1.22 bits per heavy atom. The fourth-order valence-electron chi connectivity index (χ4n) is 14.1. The number of likely N-dealkylation sites (tertiary alicyclic amines) is 1. The Morgan fingerprint density at radius 3 is 1.79 bits per heavy atom. The number of anilines is 1. The smallest absolute Gasteiger partial charge is 0.412 e. The number of hydrogen-bond acceptors (Lipinski definition) is 23. The third-order valence-corrected chi connectivity index (χ3v) is 22.1. The standard InChI is InChI=1S/C90H115N9O20S2/c1-13-46-112-77(104)49-69(85(109)98-52-67(117-78-45-33-43-66(116-78)53-114-65-41-29-18-16-15-17-19-30-42-65)48-71(98)83(107)97-80(86(110)118-88(7,8)9)58(4)73(115-60(6)101)54-113-59(5)100)95-81(105)70(56-121-90(62-35-23-20-24-36-62,63-37-25-21-26-38-63)64-39-27-22-28-40-64)94-75(102)50-92-84(108)79(57(3)14-2)96-76(103)51-91-82(106)72(55-120)99(87(111)119-89(10,11)12)74-47-61-34-31-32-44-68(61)93-74/h13,15-32,34-42,44,57-58,66-67,69-74,78-80,93,120H,1,14,33,43,45-56H2,2-12H3,(H,91,106)(H,92,108)(H,94,102)(H,95,105)(H,96,103)(H,97,107)/t57?,58-,66?,67+,69-,70?,71-,72?,73-,74?,78?,79?,80-/m0/s1. The van der Waals surface area contributed by atoms with E-state index in [1.54, 1.807) is 55.4 Å². The molecule has 8 amide bonds. The van der Waals surface area contributed by atoms with Gasteiger partial charge >= 0.3 is 30.0 Å². The van der Waals surface area contributed by atoms with Gasteiger partial charge in [-0.2, -0.15) is 12.6 Å². The summed E-state index contributed by atoms with van der Waals surface area (Å²) in [6.07, 6.45) is -2.89. The number of carbonyl (C=O) groups excluding carboxylic acids is 12. The number of nitrogens with one attached hydrogen (secondary N) is 7. The summed E-state index contributed by atoms with van der Waals surface area (Å²) < 4.78 is 46.3. The first kappa shape index (κ1) is 95.5. The summed E-state index contributed by atoms with van der Waals surface area (Å²) in [4.78, 5) is 175. The molecule has 0 radical (unpaired) electrons. The van der Waals surface area contributed by atoms with Gasteiger partial charge in [-0.3, -0.25) is 52.8 Å². The van der Waals surface area contributed by atoms with E-state index in [0.29, 0.717) is 37.9 Å². The maximum atomic E-state index is 16.1. The van der Waals surface area contributed by atoms with Crippen LogP contribution < -0.4 is 42.0 Å². The quantitative estimate of drug-likeness (QED) is 0.00597. The van der Waals surface area contributed by atoms with Gasteiger partial charge in [0.1, 0.15) is 85.3 Å². The monoisotopic (exact) mass is 1710 g/mol. The molecule has 0 bridgehead atoms. The first-order chi connectivity index (χ1) is 57.7. The zero-order valence-electron chi connectivity index (χ0n) is 70.5. The van der Waals surface area contributed by atoms with Crippen molar-refractivity contribution in [3.05, 3.63) is 205 Å². The van der Waals surface area contributed by atoms with Crippen molar-refractivity contribution in [3.63, 3.8) is 0 Å². The van der Waals surface area contributed by atoms with E-state index in [1.807, 2.05) is 170 Å². The minimum Gasteiger partial charge on any atom is -0.491 e. The summed E-state index contributed by atoms with van der Waals surface area (Å²) in [5.41, 5.74) is 1.83. The van der Waals surface area contributed by atoms with Gasteiger partial charge in [-0.1, -0.05) is 192 Å². The van der Waals surface area contributed by atoms with Crippen LogP contribution >= 0.6 is 24.4 Å². The Balaban J connectivity index is 1.12. The molecular weight excluding hydrogens is 1590 g/mol. The van der Waals surface area contributed by atoms with Crippen LogP contribution in [0.3, 0.4) is 0 Å². The summed E-state index contributed by atoms with van der Waals surface area (Å²) in [5, 5.41) is 19.5. The highest BCUT2D eigenvalue weighted by atomic mass is 32.2. The van der Waals surface area contributed by atoms with Crippen molar-refractivity contribution in [1.82, 2.24) is 41.7 Å². The molecule has 2 fully saturated rings. The van der Waals surface area contributed by atoms with Crippen LogP contribution in [-0.4, -0.2) is 210 Å². The number of thioether (sulfide) groups is 1. The van der Waals surface area contributed by atoms with Crippen molar-refractivity contribution in [1.29, 1.82) is 0 Å². The number of fused-ring (bicyclic) bond motifs is 1. The van der Waals surface area contributed by atoms with Crippen LogP contribution in [0.2, 0.25) is 0 Å². The third-order valence-electron chi connectivity index (χ3n) is 20.1. The first-order valence-electron chi connectivity index (χ1n) is 40.7. The van der Waals surface area contributed by atoms with Gasteiger partial charge in [0.05, 0.1) is 36.5 Å². The van der Waals surface area contributed by atoms with Crippen LogP contribution in [0, 0.1) is 11.8 Å². The Kier molecular flexibility index (Phi) is 36.4. The van der Waals surface area contributed by atoms with Crippen molar-refractivity contribution >= 4 is 101 Å². The molecule has 2 saturated heterocycles. The van der Waals surface area contributed by atoms with Gasteiger partial charge < -0.3 is 80.0 Å². The third kappa shape index (κ3) is 28.8. The summed E-state index contributed by atoms with van der Waals surface area (Å²) in [6, 6.07) is 42.9. The molecule has 0 aromatic heterocycles. The molecule has 7 N–H and O–H groups in total. The lowest BCUT2D eigenvalue weighted by molar-refractivity contribution is -0.217. The number of ether oxygens (including phenoxy) is 8. The molecule has 3 aliphatic heterocycles. The van der Waals surface area contributed by atoms with Crippen molar-refractivity contribution in [2.75, 3.05) is 56.3 Å². The SMILES string of the molecule is C=CCOC(=O)C[C@H](NC(=O)C(CSC(c1ccccc1)(c1ccccc1)c1ccccc1)NC(=O)CNC(=O)C(NC(=O)CNC(=O)C(CS)N(C(=O)OC(C)(C)C)C1Cc2ccccc2N1)C(C)CC)C(=O)N1C[C@H](OC2CCCC(COc3ccccccccc3)O2)C[C@H]1C(=O)N[C@H](C(=O)OC(C)(C)C)[C@@H](C)[C@H](COC(C)=O)OC(C)=O. The fourth-order valence-corrected chi connectivity index (χ4v) is 16.0. The normalized spacial score (nSPS) is 18.2. The second-order valence-electron chi connectivity index (χ2n) is 31.8. The number of benzene rings is 4. The van der Waals surface area contributed by atoms with E-state index >= 15 is 14.4 Å². The molecule has 652 valence electrons. The minimum absolute atomic E-state index is 0.126. The lowest BCUT2D eigenvalue weighted by Crippen LogP contribution is -2.60. The highest BCUT2D eigenvalue weighted by Crippen LogP contribution is 2.49. The van der Waals surface area contributed by atoms with Gasteiger partial charge in [0.25, 0.3) is 0 Å². The van der Waals surface area contributed by atoms with Gasteiger partial charge in [0.15, 0.2) is 6.29 Å². The zero-order valence-corrected chi connectivity index (χ0v) is 72.2. The molecule has 3 heterocycles. The highest BCUT2D eigenvalue weighted by Gasteiger charge is 2.49. The molecule has 31 heteroatoms. The Labute approximate surface area is 717 Å². The number of amides is 8. The average molecular weight is 1710 g/mol. The predicted molar refractivity (Wildman–Crippen MR) is 458 cm³/mol. The maximum Gasteiger partial charge on any atom is 0.412 e. The van der Waals surface area contributed by atoms with Crippen molar-refractivity contribution in [2.24, 2.45) is 11.8 Å². The van der Waals surface area contributed by atoms with E-state index in [2.05, 4.69) is 56.4 Å². The molecule has 3 aliphatic rings. The minimum atomic E-state index is -1.92. The maximum absolute atomic E-state index is 16.1. The number of para-hydroxylation sites is 1. The molecule has 0 aliphatic carbocycles. The van der Waals surface area contributed by atoms with E-state index in [0.717, 1.165) is 46.7 Å². The van der Waals surface area contributed by atoms with Crippen LogP contribution in [0.15, 0.2) is 183 Å². The van der Waals surface area contributed by atoms with Crippen molar-refractivity contribution in [2.45, 2.75) is 204 Å². The van der Waals surface area contributed by atoms with Crippen molar-refractivity contribution < 1.29 is 95.4 Å². The number of esters is 4. The number of rotatable bonds is 39. The Bertz CT molecular complexity index is 4270. The van der Waals surface area contributed by atoms with E-state index < -0.39 is 192 Å². The molecule has 8 rings (SSSR count). The summed E-state index contributed by atoms with van der Waals surface area (Å²) >= 11 is 5.73. The summed E-state index contributed by atoms with van der Waals surface area (Å²) in [7, 11) is 0. The Morgan fingerprint density at radius 1 is 0.661 bits per heavy atom. The molecule has 0 spiro atoms. The number of nitrogens with zero attached hydrogens (tertiary/aromatic N) is 2. The first-order valence-corrected chi connectivity index (χ1v) is 42.3. The number of hydrogen-bond donors (Lipinski definition) is 8. The van der Waals surface area contributed by atoms with E-state index in [-0.39, 0.29) is 37.7 Å². The molecule has 121 heavy (non-hydrogen) atoms. The van der Waals surface area contributed by atoms with Crippen LogP contribution in [0.25, 0.3) is 0 Å². The fraction of sp³-hybridized carbons (Fsp3) is 0.467. The van der Waals surface area contributed by atoms with E-state index in [9.17, 15) is 43.2 Å². The van der Waals surface area contributed by atoms with Gasteiger partial charge in [0.2, 0.25) is 41.4 Å². The molecule has 29 nitrogen and oxygen atoms in total. The van der Waals surface area contributed by atoms with Crippen LogP contribution in [0.4, 0.5) is 10.5 Å². The molecule has 5 aromatic rings. The molecule has 0 saturated carbocycles. The predicted octanol–water partition coefficient (Wildman–Crippen LogP) is 9.14. The summed E-state index contributed by atoms with van der Waals surface area (Å²) in [6.45, 7) is 18.1. The average Bonchev–Trinajstić information content (AvgIpc) is 1.45. The lowest BCUT2D eigenvalue weighted by Gasteiger charge is -2.37. The number of thiol groups is 1. The second-order valence-corrected chi connectivity index (χ2v) is 33.4. The Hall–Kier alpha value is -11.0. The molecule has 7 unspecified atom stereocenters. The molecular formula is C90H115N9O20S2. The summed E-state index contributed by atoms with van der Waals surface area (Å²) in [5.74, 6) is -11.5. The molecule has 5 aromatic carbocycles. The second kappa shape index (κ2) is 46.1. The van der Waals surface area contributed by atoms with Crippen molar-refractivity contribution in [3.8, 4) is 5.75 Å².